The molecule has 1 aliphatic rings. The van der Waals surface area contributed by atoms with Crippen molar-refractivity contribution in [3.8, 4) is 0 Å². The molecule has 0 fully saturated rings. The number of allylic oxidation sites excluding steroid dienone is 4. The van der Waals surface area contributed by atoms with Crippen molar-refractivity contribution in [1.82, 2.24) is 4.98 Å². The summed E-state index contributed by atoms with van der Waals surface area (Å²) in [4.78, 5) is 4.35. The Kier molecular flexibility index (Phi) is 2.26. The summed E-state index contributed by atoms with van der Waals surface area (Å²) >= 11 is 0. The highest BCUT2D eigenvalue weighted by Crippen LogP contribution is 2.24. The second-order valence-electron chi connectivity index (χ2n) is 3.40. The molecule has 66 valence electrons. The molecule has 0 saturated carbocycles. The molecule has 0 radical (unpaired) electrons. The minimum absolute atomic E-state index is 0.477. The summed E-state index contributed by atoms with van der Waals surface area (Å²) in [5.41, 5.74) is 2.52. The highest BCUT2D eigenvalue weighted by atomic mass is 14.7. The molecule has 0 N–H and O–H groups in total. The first-order valence-corrected chi connectivity index (χ1v) is 4.62. The Bertz CT molecular complexity index is 335. The first-order valence-electron chi connectivity index (χ1n) is 4.62. The quantitative estimate of drug-likeness (QED) is 0.632. The number of pyridine rings is 1. The van der Waals surface area contributed by atoms with Crippen molar-refractivity contribution in [1.29, 1.82) is 0 Å². The second-order valence-corrected chi connectivity index (χ2v) is 3.40. The molecule has 1 heterocycles. The summed E-state index contributed by atoms with van der Waals surface area (Å²) in [6, 6.07) is 6.09. The van der Waals surface area contributed by atoms with Crippen LogP contribution in [0.2, 0.25) is 0 Å². The molecule has 1 aliphatic carbocycles. The van der Waals surface area contributed by atoms with Crippen molar-refractivity contribution in [3.05, 3.63) is 53.9 Å². The van der Waals surface area contributed by atoms with Crippen LogP contribution in [0, 0.1) is 0 Å². The Morgan fingerprint density at radius 2 is 2.31 bits per heavy atom. The molecule has 1 aromatic heterocycles. The maximum atomic E-state index is 4.35. The second kappa shape index (κ2) is 3.56. The maximum absolute atomic E-state index is 4.35. The molecule has 1 nitrogen and oxygen atoms in total. The lowest BCUT2D eigenvalue weighted by Crippen LogP contribution is -1.99. The van der Waals surface area contributed by atoms with E-state index in [1.807, 2.05) is 18.3 Å². The number of nitrogens with zero attached hydrogens (tertiary/aromatic N) is 1. The van der Waals surface area contributed by atoms with Gasteiger partial charge in [0.1, 0.15) is 0 Å². The molecule has 0 saturated heterocycles. The first kappa shape index (κ1) is 8.24. The van der Waals surface area contributed by atoms with Crippen LogP contribution in [0.25, 0.3) is 0 Å². The van der Waals surface area contributed by atoms with Crippen LogP contribution < -0.4 is 0 Å². The molecule has 0 amide bonds. The highest BCUT2D eigenvalue weighted by Gasteiger charge is 2.09. The summed E-state index contributed by atoms with van der Waals surface area (Å²) in [5, 5.41) is 0. The Balaban J connectivity index is 2.18. The fraction of sp³-hybridized carbons (Fsp3) is 0.250. The van der Waals surface area contributed by atoms with Gasteiger partial charge in [-0.1, -0.05) is 29.9 Å². The lowest BCUT2D eigenvalue weighted by Gasteiger charge is -2.13. The van der Waals surface area contributed by atoms with Gasteiger partial charge in [-0.15, -0.1) is 0 Å². The minimum atomic E-state index is 0.477. The van der Waals surface area contributed by atoms with Crippen LogP contribution in [-0.2, 0) is 0 Å². The summed E-state index contributed by atoms with van der Waals surface area (Å²) in [6.45, 7) is 2.13. The summed E-state index contributed by atoms with van der Waals surface area (Å²) in [7, 11) is 0. The lowest BCUT2D eigenvalue weighted by molar-refractivity contribution is 0.809. The van der Waals surface area contributed by atoms with E-state index in [4.69, 9.17) is 0 Å². The molecule has 0 spiro atoms. The van der Waals surface area contributed by atoms with Gasteiger partial charge < -0.3 is 0 Å². The third kappa shape index (κ3) is 1.86. The van der Waals surface area contributed by atoms with Crippen LogP contribution in [-0.4, -0.2) is 4.98 Å². The van der Waals surface area contributed by atoms with E-state index in [1.165, 1.54) is 11.3 Å². The van der Waals surface area contributed by atoms with Gasteiger partial charge in [0.15, 0.2) is 0 Å². The normalized spacial score (nSPS) is 21.3. The molecular formula is C12H13N. The molecule has 0 aliphatic heterocycles. The van der Waals surface area contributed by atoms with Crippen molar-refractivity contribution in [3.63, 3.8) is 0 Å². The Hall–Kier alpha value is -1.37. The van der Waals surface area contributed by atoms with Gasteiger partial charge in [-0.3, -0.25) is 4.98 Å². The summed E-state index contributed by atoms with van der Waals surface area (Å²) in [6.07, 6.45) is 9.60. The zero-order chi connectivity index (χ0) is 9.10. The molecular weight excluding hydrogens is 158 g/mol. The molecule has 2 rings (SSSR count). The Morgan fingerprint density at radius 3 is 2.92 bits per heavy atom. The van der Waals surface area contributed by atoms with E-state index < -0.39 is 0 Å². The monoisotopic (exact) mass is 171 g/mol. The highest BCUT2D eigenvalue weighted by molar-refractivity contribution is 5.28. The zero-order valence-electron chi connectivity index (χ0n) is 7.77. The van der Waals surface area contributed by atoms with Crippen molar-refractivity contribution in [2.24, 2.45) is 0 Å². The lowest BCUT2D eigenvalue weighted by atomic mass is 9.94. The molecule has 0 unspecified atom stereocenters. The SMILES string of the molecule is CC1=CC[C@@H](c2ccccn2)C=C1. The van der Waals surface area contributed by atoms with E-state index in [9.17, 15) is 0 Å². The van der Waals surface area contributed by atoms with Crippen molar-refractivity contribution < 1.29 is 0 Å². The Morgan fingerprint density at radius 1 is 1.38 bits per heavy atom. The number of aromatic nitrogens is 1. The molecule has 13 heavy (non-hydrogen) atoms. The van der Waals surface area contributed by atoms with E-state index in [2.05, 4.69) is 36.2 Å². The average molecular weight is 171 g/mol. The average Bonchev–Trinajstić information content (AvgIpc) is 2.20. The van der Waals surface area contributed by atoms with E-state index in [1.54, 1.807) is 0 Å². The fourth-order valence-electron chi connectivity index (χ4n) is 1.54. The van der Waals surface area contributed by atoms with E-state index in [0.717, 1.165) is 6.42 Å². The van der Waals surface area contributed by atoms with Crippen LogP contribution in [0.15, 0.2) is 48.2 Å². The third-order valence-corrected chi connectivity index (χ3v) is 2.35. The predicted octanol–water partition coefficient (Wildman–Crippen LogP) is 3.07. The van der Waals surface area contributed by atoms with Gasteiger partial charge in [0.05, 0.1) is 0 Å². The van der Waals surface area contributed by atoms with Gasteiger partial charge in [-0.25, -0.2) is 0 Å². The van der Waals surface area contributed by atoms with Crippen LogP contribution in [0.5, 0.6) is 0 Å². The molecule has 1 heteroatoms. The van der Waals surface area contributed by atoms with Gasteiger partial charge in [0.2, 0.25) is 0 Å². The third-order valence-electron chi connectivity index (χ3n) is 2.35. The zero-order valence-corrected chi connectivity index (χ0v) is 7.77. The van der Waals surface area contributed by atoms with Crippen LogP contribution in [0.4, 0.5) is 0 Å². The van der Waals surface area contributed by atoms with Gasteiger partial charge >= 0.3 is 0 Å². The maximum Gasteiger partial charge on any atom is 0.0475 e. The van der Waals surface area contributed by atoms with E-state index in [-0.39, 0.29) is 0 Å². The molecule has 0 bridgehead atoms. The van der Waals surface area contributed by atoms with E-state index >= 15 is 0 Å². The van der Waals surface area contributed by atoms with Gasteiger partial charge in [0, 0.05) is 17.8 Å². The topological polar surface area (TPSA) is 12.9 Å². The van der Waals surface area contributed by atoms with Gasteiger partial charge in [-0.05, 0) is 25.5 Å². The predicted molar refractivity (Wildman–Crippen MR) is 54.5 cm³/mol. The van der Waals surface area contributed by atoms with Crippen molar-refractivity contribution in [2.75, 3.05) is 0 Å². The Labute approximate surface area is 78.8 Å². The number of hydrogen-bond donors (Lipinski definition) is 0. The molecule has 1 atom stereocenters. The van der Waals surface area contributed by atoms with Crippen LogP contribution in [0.3, 0.4) is 0 Å². The van der Waals surface area contributed by atoms with Crippen LogP contribution in [0.1, 0.15) is 25.0 Å². The summed E-state index contributed by atoms with van der Waals surface area (Å²) in [5.74, 6) is 0.477. The minimum Gasteiger partial charge on any atom is -0.261 e. The van der Waals surface area contributed by atoms with Gasteiger partial charge in [0.25, 0.3) is 0 Å². The first-order chi connectivity index (χ1) is 6.36. The van der Waals surface area contributed by atoms with Gasteiger partial charge in [-0.2, -0.15) is 0 Å². The number of rotatable bonds is 1. The van der Waals surface area contributed by atoms with Crippen LogP contribution >= 0.6 is 0 Å². The molecule has 0 aromatic carbocycles. The number of hydrogen-bond acceptors (Lipinski definition) is 1. The van der Waals surface area contributed by atoms with Crippen molar-refractivity contribution in [2.45, 2.75) is 19.3 Å². The van der Waals surface area contributed by atoms with Crippen molar-refractivity contribution >= 4 is 0 Å². The standard InChI is InChI=1S/C12H13N/c1-10-5-7-11(8-6-10)12-4-2-3-9-13-12/h2-7,9,11H,8H2,1H3/t11-/m0/s1. The van der Waals surface area contributed by atoms with E-state index in [0.29, 0.717) is 5.92 Å². The summed E-state index contributed by atoms with van der Waals surface area (Å²) < 4.78 is 0. The smallest absolute Gasteiger partial charge is 0.0475 e. The largest absolute Gasteiger partial charge is 0.261 e. The fourth-order valence-corrected chi connectivity index (χ4v) is 1.54. The molecule has 1 aromatic rings.